The van der Waals surface area contributed by atoms with Gasteiger partial charge in [-0.15, -0.1) is 0 Å². The molecule has 1 saturated carbocycles. The van der Waals surface area contributed by atoms with Crippen LogP contribution in [0.15, 0.2) is 48.7 Å². The highest BCUT2D eigenvalue weighted by Crippen LogP contribution is 2.39. The molecule has 0 spiro atoms. The molecule has 1 unspecified atom stereocenters. The van der Waals surface area contributed by atoms with E-state index in [0.717, 1.165) is 54.1 Å². The summed E-state index contributed by atoms with van der Waals surface area (Å²) in [7, 11) is 5.67. The van der Waals surface area contributed by atoms with Gasteiger partial charge < -0.3 is 24.8 Å². The SMILES string of the molecule is CCCCc1cc2ccccc2c(OCC[N+](C)(C)[C@H]2CCC(Cc3ccc(OC)nc3)C[C@@]2(O)C(N)=O)n1. The number of rotatable bonds is 12. The number of nitrogens with zero attached hydrogens (tertiary/aromatic N) is 3. The van der Waals surface area contributed by atoms with Crippen LogP contribution in [0.4, 0.5) is 0 Å². The third-order valence-electron chi connectivity index (χ3n) is 8.25. The van der Waals surface area contributed by atoms with E-state index < -0.39 is 11.5 Å². The van der Waals surface area contributed by atoms with Gasteiger partial charge in [0.2, 0.25) is 11.8 Å². The highest BCUT2D eigenvalue weighted by atomic mass is 16.5. The van der Waals surface area contributed by atoms with Gasteiger partial charge in [-0.2, -0.15) is 0 Å². The average molecular weight is 536 g/mol. The Morgan fingerprint density at radius 1 is 1.21 bits per heavy atom. The second-order valence-electron chi connectivity index (χ2n) is 11.5. The van der Waals surface area contributed by atoms with E-state index in [1.54, 1.807) is 13.3 Å². The molecule has 8 heteroatoms. The fourth-order valence-electron chi connectivity index (χ4n) is 6.01. The first-order chi connectivity index (χ1) is 18.7. The Hall–Kier alpha value is -3.23. The van der Waals surface area contributed by atoms with Gasteiger partial charge in [0.25, 0.3) is 5.91 Å². The van der Waals surface area contributed by atoms with Crippen molar-refractivity contribution in [3.63, 3.8) is 0 Å². The second-order valence-corrected chi connectivity index (χ2v) is 11.5. The van der Waals surface area contributed by atoms with Crippen molar-refractivity contribution in [1.82, 2.24) is 9.97 Å². The van der Waals surface area contributed by atoms with Crippen molar-refractivity contribution in [2.24, 2.45) is 11.7 Å². The molecule has 1 aliphatic carbocycles. The number of methoxy groups -OCH3 is 1. The molecule has 2 aromatic heterocycles. The number of primary amides is 1. The lowest BCUT2D eigenvalue weighted by Gasteiger charge is -2.49. The van der Waals surface area contributed by atoms with Crippen molar-refractivity contribution in [2.75, 3.05) is 34.4 Å². The fourth-order valence-corrected chi connectivity index (χ4v) is 6.01. The molecular formula is C31H43N4O4+. The van der Waals surface area contributed by atoms with Gasteiger partial charge in [-0.3, -0.25) is 4.79 Å². The van der Waals surface area contributed by atoms with Crippen LogP contribution in [0.3, 0.4) is 0 Å². The standard InChI is InChI=1S/C31H42N4O4/c1-5-6-10-25-19-24-9-7-8-11-26(24)29(34-25)39-17-16-35(2,3)27-14-12-22(20-31(27,37)30(32)36)18-23-13-15-28(38-4)33-21-23/h7-9,11,13,15,19,21-22,27,37H,5-6,10,12,14,16-18,20H2,1-4H3,(H-,32,36)/p+1/t22?,27-,31-/m0/s1. The lowest BCUT2D eigenvalue weighted by Crippen LogP contribution is -2.68. The molecule has 2 heterocycles. The Morgan fingerprint density at radius 2 is 2.00 bits per heavy atom. The van der Waals surface area contributed by atoms with Gasteiger partial charge in [0.15, 0.2) is 5.60 Å². The van der Waals surface area contributed by atoms with Crippen LogP contribution in [0.25, 0.3) is 10.8 Å². The molecule has 1 amide bonds. The van der Waals surface area contributed by atoms with Gasteiger partial charge in [-0.05, 0) is 61.1 Å². The van der Waals surface area contributed by atoms with Gasteiger partial charge in [0, 0.05) is 29.8 Å². The molecule has 3 aromatic rings. The largest absolute Gasteiger partial charge is 0.481 e. The average Bonchev–Trinajstić information content (AvgIpc) is 2.92. The van der Waals surface area contributed by atoms with Crippen LogP contribution >= 0.6 is 0 Å². The highest BCUT2D eigenvalue weighted by Gasteiger charge is 2.54. The summed E-state index contributed by atoms with van der Waals surface area (Å²) in [6, 6.07) is 13.8. The number of benzene rings is 1. The number of aryl methyl sites for hydroxylation is 1. The summed E-state index contributed by atoms with van der Waals surface area (Å²) in [5.74, 6) is 0.675. The smallest absolute Gasteiger partial charge is 0.255 e. The van der Waals surface area contributed by atoms with Crippen LogP contribution in [0.2, 0.25) is 0 Å². The Bertz CT molecular complexity index is 1260. The monoisotopic (exact) mass is 535 g/mol. The molecule has 0 saturated heterocycles. The van der Waals surface area contributed by atoms with Crippen molar-refractivity contribution >= 4 is 16.7 Å². The summed E-state index contributed by atoms with van der Waals surface area (Å²) in [6.45, 7) is 3.19. The van der Waals surface area contributed by atoms with Crippen molar-refractivity contribution in [3.05, 3.63) is 59.9 Å². The molecule has 3 atom stereocenters. The molecule has 1 fully saturated rings. The Balaban J connectivity index is 1.44. The zero-order chi connectivity index (χ0) is 28.0. The highest BCUT2D eigenvalue weighted by molar-refractivity contribution is 5.87. The van der Waals surface area contributed by atoms with E-state index in [-0.39, 0.29) is 12.0 Å². The molecule has 39 heavy (non-hydrogen) atoms. The maximum absolute atomic E-state index is 12.7. The summed E-state index contributed by atoms with van der Waals surface area (Å²) < 4.78 is 11.8. The topological polar surface area (TPSA) is 108 Å². The molecule has 1 aliphatic rings. The number of fused-ring (bicyclic) bond motifs is 1. The molecule has 8 nitrogen and oxygen atoms in total. The molecule has 1 aromatic carbocycles. The van der Waals surface area contributed by atoms with E-state index in [9.17, 15) is 9.90 Å². The van der Waals surface area contributed by atoms with E-state index in [2.05, 4.69) is 24.0 Å². The van der Waals surface area contributed by atoms with E-state index in [1.807, 2.05) is 44.4 Å². The molecule has 0 radical (unpaired) electrons. The molecule has 0 aliphatic heterocycles. The van der Waals surface area contributed by atoms with E-state index in [1.165, 1.54) is 0 Å². The van der Waals surface area contributed by atoms with Crippen molar-refractivity contribution in [3.8, 4) is 11.8 Å². The minimum absolute atomic E-state index is 0.131. The number of hydrogen-bond acceptors (Lipinski definition) is 6. The number of quaternary nitrogens is 1. The lowest BCUT2D eigenvalue weighted by atomic mass is 9.71. The number of carbonyl (C=O) groups is 1. The predicted molar refractivity (Wildman–Crippen MR) is 153 cm³/mol. The number of carbonyl (C=O) groups excluding carboxylic acids is 1. The Labute approximate surface area is 231 Å². The third-order valence-corrected chi connectivity index (χ3v) is 8.25. The third kappa shape index (κ3) is 6.68. The Kier molecular flexibility index (Phi) is 9.08. The number of nitrogens with two attached hydrogens (primary N) is 1. The number of ether oxygens (including phenoxy) is 2. The number of aromatic nitrogens is 2. The van der Waals surface area contributed by atoms with Crippen molar-refractivity contribution < 1.29 is 23.9 Å². The van der Waals surface area contributed by atoms with Gasteiger partial charge in [-0.25, -0.2) is 9.97 Å². The molecule has 210 valence electrons. The normalized spacial score (nSPS) is 21.6. The lowest BCUT2D eigenvalue weighted by molar-refractivity contribution is -0.922. The Morgan fingerprint density at radius 3 is 2.69 bits per heavy atom. The quantitative estimate of drug-likeness (QED) is 0.339. The number of likely N-dealkylation sites (N-methyl/N-ethyl adjacent to an activating group) is 1. The van der Waals surface area contributed by atoms with Crippen LogP contribution in [-0.2, 0) is 17.6 Å². The minimum atomic E-state index is -1.60. The van der Waals surface area contributed by atoms with E-state index in [0.29, 0.717) is 42.2 Å². The van der Waals surface area contributed by atoms with Gasteiger partial charge in [0.1, 0.15) is 19.2 Å². The van der Waals surface area contributed by atoms with Crippen LogP contribution in [0, 0.1) is 5.92 Å². The number of aliphatic hydroxyl groups is 1. The summed E-state index contributed by atoms with van der Waals surface area (Å²) in [5, 5.41) is 13.8. The predicted octanol–water partition coefficient (Wildman–Crippen LogP) is 4.06. The minimum Gasteiger partial charge on any atom is -0.481 e. The molecular weight excluding hydrogens is 492 g/mol. The maximum atomic E-state index is 12.7. The number of hydrogen-bond donors (Lipinski definition) is 2. The second kappa shape index (κ2) is 12.3. The maximum Gasteiger partial charge on any atom is 0.255 e. The first kappa shape index (κ1) is 28.8. The van der Waals surface area contributed by atoms with Crippen LogP contribution in [-0.4, -0.2) is 71.5 Å². The van der Waals surface area contributed by atoms with Gasteiger partial charge in [-0.1, -0.05) is 37.6 Å². The molecule has 0 bridgehead atoms. The van der Waals surface area contributed by atoms with Crippen LogP contribution in [0.5, 0.6) is 11.8 Å². The molecule has 3 N–H and O–H groups in total. The summed E-state index contributed by atoms with van der Waals surface area (Å²) in [5.41, 5.74) is 6.34. The summed E-state index contributed by atoms with van der Waals surface area (Å²) in [4.78, 5) is 21.8. The fraction of sp³-hybridized carbons (Fsp3) is 0.516. The van der Waals surface area contributed by atoms with E-state index >= 15 is 0 Å². The van der Waals surface area contributed by atoms with Crippen LogP contribution < -0.4 is 15.2 Å². The van der Waals surface area contributed by atoms with Crippen molar-refractivity contribution in [2.45, 2.75) is 63.5 Å². The number of pyridine rings is 2. The van der Waals surface area contributed by atoms with Gasteiger partial charge in [0.05, 0.1) is 21.2 Å². The summed E-state index contributed by atoms with van der Waals surface area (Å²) >= 11 is 0. The number of amides is 1. The summed E-state index contributed by atoms with van der Waals surface area (Å²) in [6.07, 6.45) is 7.53. The zero-order valence-corrected chi connectivity index (χ0v) is 23.7. The zero-order valence-electron chi connectivity index (χ0n) is 23.7. The van der Waals surface area contributed by atoms with Gasteiger partial charge >= 0.3 is 0 Å². The van der Waals surface area contributed by atoms with Crippen LogP contribution in [0.1, 0.15) is 50.3 Å². The first-order valence-corrected chi connectivity index (χ1v) is 14.0. The van der Waals surface area contributed by atoms with E-state index in [4.69, 9.17) is 20.2 Å². The number of unbranched alkanes of at least 4 members (excludes halogenated alkanes) is 1. The first-order valence-electron chi connectivity index (χ1n) is 14.0. The van der Waals surface area contributed by atoms with Crippen molar-refractivity contribution in [1.29, 1.82) is 0 Å². The molecule has 4 rings (SSSR count).